The number of aromatic nitrogens is 2. The monoisotopic (exact) mass is 609 g/mol. The molecule has 1 aliphatic rings. The van der Waals surface area contributed by atoms with Gasteiger partial charge in [0, 0.05) is 15.8 Å². The fourth-order valence-corrected chi connectivity index (χ4v) is 6.22. The lowest BCUT2D eigenvalue weighted by Crippen LogP contribution is -2.29. The second-order valence-corrected chi connectivity index (χ2v) is 11.6. The van der Waals surface area contributed by atoms with E-state index in [-0.39, 0.29) is 22.3 Å². The number of aliphatic hydroxyl groups excluding tert-OH is 1. The van der Waals surface area contributed by atoms with Crippen LogP contribution in [0.5, 0.6) is 0 Å². The predicted molar refractivity (Wildman–Crippen MR) is 151 cm³/mol. The van der Waals surface area contributed by atoms with Gasteiger partial charge in [-0.2, -0.15) is 0 Å². The van der Waals surface area contributed by atoms with Crippen LogP contribution in [0.15, 0.2) is 87.2 Å². The summed E-state index contributed by atoms with van der Waals surface area (Å²) in [5, 5.41) is 19.9. The van der Waals surface area contributed by atoms with Gasteiger partial charge in [0.2, 0.25) is 5.13 Å². The first-order valence-electron chi connectivity index (χ1n) is 11.7. The molecule has 3 aromatic carbocycles. The molecule has 5 rings (SSSR count). The molecule has 2 heterocycles. The van der Waals surface area contributed by atoms with Gasteiger partial charge in [0.1, 0.15) is 11.6 Å². The number of rotatable bonds is 7. The number of hydrogen-bond acceptors (Lipinski definition) is 7. The summed E-state index contributed by atoms with van der Waals surface area (Å²) in [5.41, 5.74) is 3.12. The summed E-state index contributed by atoms with van der Waals surface area (Å²) in [6.45, 7) is 2.04. The zero-order valence-electron chi connectivity index (χ0n) is 20.1. The summed E-state index contributed by atoms with van der Waals surface area (Å²) >= 11 is 5.96. The van der Waals surface area contributed by atoms with E-state index in [0.29, 0.717) is 21.2 Å². The molecule has 1 aromatic heterocycles. The highest BCUT2D eigenvalue weighted by Crippen LogP contribution is 2.44. The average molecular weight is 611 g/mol. The van der Waals surface area contributed by atoms with Crippen molar-refractivity contribution in [1.29, 1.82) is 0 Å². The van der Waals surface area contributed by atoms with Crippen LogP contribution in [0.4, 0.5) is 9.52 Å². The summed E-state index contributed by atoms with van der Waals surface area (Å²) in [5.74, 6) is -1.58. The van der Waals surface area contributed by atoms with Crippen molar-refractivity contribution in [3.63, 3.8) is 0 Å². The Kier molecular flexibility index (Phi) is 7.73. The molecule has 1 amide bonds. The summed E-state index contributed by atoms with van der Waals surface area (Å²) in [6.07, 6.45) is 0.838. The molecule has 0 radical (unpaired) electrons. The first kappa shape index (κ1) is 26.3. The molecule has 1 fully saturated rings. The van der Waals surface area contributed by atoms with Gasteiger partial charge in [-0.25, -0.2) is 4.39 Å². The third-order valence-electron chi connectivity index (χ3n) is 6.14. The number of carbonyl (C=O) groups excluding carboxylic acids is 2. The molecule has 1 atom stereocenters. The third-order valence-corrected chi connectivity index (χ3v) is 8.80. The number of nitrogens with zero attached hydrogens (tertiary/aromatic N) is 3. The van der Waals surface area contributed by atoms with Gasteiger partial charge in [0.05, 0.1) is 11.6 Å². The van der Waals surface area contributed by atoms with Crippen molar-refractivity contribution in [1.82, 2.24) is 10.2 Å². The van der Waals surface area contributed by atoms with Gasteiger partial charge in [0.25, 0.3) is 5.78 Å². The highest BCUT2D eigenvalue weighted by atomic mass is 79.9. The number of carbonyl (C=O) groups is 2. The van der Waals surface area contributed by atoms with Gasteiger partial charge >= 0.3 is 5.91 Å². The van der Waals surface area contributed by atoms with Crippen LogP contribution < -0.4 is 4.90 Å². The number of aryl methyl sites for hydroxylation is 1. The van der Waals surface area contributed by atoms with Crippen molar-refractivity contribution in [3.8, 4) is 0 Å². The zero-order chi connectivity index (χ0) is 26.8. The molecule has 4 aromatic rings. The molecule has 0 saturated carbocycles. The Morgan fingerprint density at radius 1 is 1.00 bits per heavy atom. The lowest BCUT2D eigenvalue weighted by atomic mass is 9.94. The predicted octanol–water partition coefficient (Wildman–Crippen LogP) is 6.92. The van der Waals surface area contributed by atoms with Gasteiger partial charge in [-0.05, 0) is 47.4 Å². The SMILES string of the molecule is CCc1ccc(C2/C(=C(/O)c3ccc(Br)cc3)C(=O)C(=O)N2c2nnc(SCc3ccc(F)cc3)s2)cc1. The maximum atomic E-state index is 13.4. The van der Waals surface area contributed by atoms with E-state index in [2.05, 4.69) is 26.1 Å². The number of benzene rings is 3. The van der Waals surface area contributed by atoms with Crippen LogP contribution in [0.2, 0.25) is 0 Å². The number of halogens is 2. The molecule has 0 spiro atoms. The molecule has 10 heteroatoms. The van der Waals surface area contributed by atoms with Crippen molar-refractivity contribution in [2.45, 2.75) is 29.5 Å². The van der Waals surface area contributed by atoms with E-state index in [1.807, 2.05) is 31.2 Å². The van der Waals surface area contributed by atoms with Crippen LogP contribution in [-0.4, -0.2) is 27.0 Å². The molecule has 1 unspecified atom stereocenters. The summed E-state index contributed by atoms with van der Waals surface area (Å²) in [6, 6.07) is 19.8. The minimum Gasteiger partial charge on any atom is -0.507 e. The lowest BCUT2D eigenvalue weighted by molar-refractivity contribution is -0.132. The van der Waals surface area contributed by atoms with E-state index < -0.39 is 17.7 Å². The Labute approximate surface area is 235 Å². The van der Waals surface area contributed by atoms with Crippen LogP contribution in [0.25, 0.3) is 5.76 Å². The Bertz CT molecular complexity index is 1520. The molecule has 192 valence electrons. The van der Waals surface area contributed by atoms with E-state index in [4.69, 9.17) is 0 Å². The Morgan fingerprint density at radius 3 is 2.32 bits per heavy atom. The number of Topliss-reactive ketones (excluding diaryl/α,β-unsaturated/α-hetero) is 1. The Morgan fingerprint density at radius 2 is 1.66 bits per heavy atom. The number of hydrogen-bond donors (Lipinski definition) is 1. The molecule has 6 nitrogen and oxygen atoms in total. The van der Waals surface area contributed by atoms with Gasteiger partial charge in [0.15, 0.2) is 4.34 Å². The number of amides is 1. The first-order valence-corrected chi connectivity index (χ1v) is 14.3. The van der Waals surface area contributed by atoms with Gasteiger partial charge in [-0.3, -0.25) is 14.5 Å². The van der Waals surface area contributed by atoms with Gasteiger partial charge in [-0.1, -0.05) is 94.5 Å². The highest BCUT2D eigenvalue weighted by Gasteiger charge is 2.48. The van der Waals surface area contributed by atoms with Crippen LogP contribution in [0, 0.1) is 5.82 Å². The topological polar surface area (TPSA) is 83.4 Å². The van der Waals surface area contributed by atoms with E-state index in [9.17, 15) is 19.1 Å². The highest BCUT2D eigenvalue weighted by molar-refractivity contribution is 9.10. The van der Waals surface area contributed by atoms with Gasteiger partial charge < -0.3 is 5.11 Å². The fourth-order valence-electron chi connectivity index (χ4n) is 4.13. The minimum atomic E-state index is -0.868. The van der Waals surface area contributed by atoms with Crippen molar-refractivity contribution >= 4 is 61.6 Å². The summed E-state index contributed by atoms with van der Waals surface area (Å²) < 4.78 is 14.6. The molecule has 38 heavy (non-hydrogen) atoms. The molecule has 1 aliphatic heterocycles. The summed E-state index contributed by atoms with van der Waals surface area (Å²) in [4.78, 5) is 28.0. The Hall–Kier alpha value is -3.34. The molecule has 0 bridgehead atoms. The molecule has 0 aliphatic carbocycles. The van der Waals surface area contributed by atoms with E-state index in [1.54, 1.807) is 36.4 Å². The van der Waals surface area contributed by atoms with Crippen LogP contribution in [0.1, 0.15) is 35.2 Å². The zero-order valence-corrected chi connectivity index (χ0v) is 23.3. The molecule has 1 saturated heterocycles. The van der Waals surface area contributed by atoms with Crippen LogP contribution in [0.3, 0.4) is 0 Å². The minimum absolute atomic E-state index is 0.00251. The standard InChI is InChI=1S/C28H21BrFN3O3S2/c1-2-16-3-7-18(8-4-16)23-22(24(34)19-9-11-20(29)12-10-19)25(35)26(36)33(23)27-31-32-28(38-27)37-15-17-5-13-21(30)14-6-17/h3-14,23,34H,2,15H2,1H3/b24-22-. The fraction of sp³-hybridized carbons (Fsp3) is 0.143. The maximum Gasteiger partial charge on any atom is 0.301 e. The third kappa shape index (κ3) is 5.29. The Balaban J connectivity index is 1.53. The van der Waals surface area contributed by atoms with E-state index in [0.717, 1.165) is 22.0 Å². The van der Waals surface area contributed by atoms with E-state index >= 15 is 0 Å². The van der Waals surface area contributed by atoms with Crippen molar-refractivity contribution in [2.75, 3.05) is 4.90 Å². The quantitative estimate of drug-likeness (QED) is 0.0805. The van der Waals surface area contributed by atoms with Crippen molar-refractivity contribution in [3.05, 3.63) is 111 Å². The van der Waals surface area contributed by atoms with Gasteiger partial charge in [-0.15, -0.1) is 10.2 Å². The molecule has 1 N–H and O–H groups in total. The number of ketones is 1. The number of anilines is 1. The van der Waals surface area contributed by atoms with Crippen LogP contribution >= 0.6 is 39.0 Å². The maximum absolute atomic E-state index is 13.4. The lowest BCUT2D eigenvalue weighted by Gasteiger charge is -2.22. The number of thioether (sulfide) groups is 1. The summed E-state index contributed by atoms with van der Waals surface area (Å²) in [7, 11) is 0. The van der Waals surface area contributed by atoms with Crippen LogP contribution in [-0.2, 0) is 21.8 Å². The first-order chi connectivity index (χ1) is 18.4. The number of aliphatic hydroxyl groups is 1. The average Bonchev–Trinajstić information content (AvgIpc) is 3.50. The largest absolute Gasteiger partial charge is 0.507 e. The molecular weight excluding hydrogens is 589 g/mol. The second kappa shape index (κ2) is 11.2. The second-order valence-electron chi connectivity index (χ2n) is 8.54. The van der Waals surface area contributed by atoms with Crippen molar-refractivity contribution < 1.29 is 19.1 Å². The van der Waals surface area contributed by atoms with E-state index in [1.165, 1.54) is 40.1 Å². The molecular formula is C28H21BrFN3O3S2. The smallest absolute Gasteiger partial charge is 0.301 e. The van der Waals surface area contributed by atoms with Crippen molar-refractivity contribution in [2.24, 2.45) is 0 Å². The normalized spacial score (nSPS) is 16.8.